The number of carbonyl (C=O) groups excluding carboxylic acids is 1. The number of thiazole rings is 1. The Morgan fingerprint density at radius 2 is 1.96 bits per heavy atom. The van der Waals surface area contributed by atoms with Gasteiger partial charge in [0.05, 0.1) is 5.69 Å². The summed E-state index contributed by atoms with van der Waals surface area (Å²) in [4.78, 5) is 44.7. The van der Waals surface area contributed by atoms with Crippen LogP contribution < -0.4 is 15.5 Å². The van der Waals surface area contributed by atoms with Gasteiger partial charge in [0.15, 0.2) is 15.7 Å². The first-order valence-corrected chi connectivity index (χ1v) is 19.0. The number of thioether (sulfide) groups is 1. The number of likely N-dealkylation sites (tertiary alicyclic amines) is 1. The minimum Gasteiger partial charge on any atom is -0.479 e. The number of benzene rings is 2. The van der Waals surface area contributed by atoms with Gasteiger partial charge in [-0.15, -0.1) is 23.1 Å². The van der Waals surface area contributed by atoms with E-state index in [-0.39, 0.29) is 11.2 Å². The SMILES string of the molecule is Cc1c(Nc2nccc3cc(CN4CCCCC5S[C@]54C(=O)O)cnc23)cccc1-c1cccc2c1CCN2C(=O)c1nc2c(s1)CNCC2. The largest absolute Gasteiger partial charge is 0.479 e. The van der Waals surface area contributed by atoms with E-state index in [1.165, 1.54) is 21.8 Å². The van der Waals surface area contributed by atoms with Crippen molar-refractivity contribution in [2.45, 2.75) is 62.2 Å². The van der Waals surface area contributed by atoms with Gasteiger partial charge in [0.25, 0.3) is 5.91 Å². The lowest BCUT2D eigenvalue weighted by Gasteiger charge is -2.27. The normalized spacial score (nSPS) is 21.3. The maximum absolute atomic E-state index is 13.7. The third kappa shape index (κ3) is 5.28. The molecule has 0 aliphatic carbocycles. The van der Waals surface area contributed by atoms with Gasteiger partial charge in [-0.1, -0.05) is 30.7 Å². The number of carbonyl (C=O) groups is 2. The van der Waals surface area contributed by atoms with Crippen molar-refractivity contribution < 1.29 is 14.7 Å². The fourth-order valence-corrected chi connectivity index (χ4v) is 10.4. The van der Waals surface area contributed by atoms with Gasteiger partial charge in [-0.3, -0.25) is 14.7 Å². The molecule has 1 unspecified atom stereocenters. The highest BCUT2D eigenvalue weighted by Gasteiger charge is 2.65. The maximum Gasteiger partial charge on any atom is 0.335 e. The van der Waals surface area contributed by atoms with E-state index in [4.69, 9.17) is 9.97 Å². The van der Waals surface area contributed by atoms with Crippen LogP contribution >= 0.6 is 23.1 Å². The number of anilines is 3. The van der Waals surface area contributed by atoms with Gasteiger partial charge >= 0.3 is 5.97 Å². The molecule has 254 valence electrons. The number of nitrogens with zero attached hydrogens (tertiary/aromatic N) is 5. The zero-order chi connectivity index (χ0) is 34.0. The van der Waals surface area contributed by atoms with Crippen molar-refractivity contribution in [2.24, 2.45) is 0 Å². The third-order valence-corrected chi connectivity index (χ3v) is 13.4. The lowest BCUT2D eigenvalue weighted by molar-refractivity contribution is -0.143. The van der Waals surface area contributed by atoms with Crippen LogP contribution in [0.5, 0.6) is 0 Å². The molecule has 0 saturated carbocycles. The Labute approximate surface area is 298 Å². The van der Waals surface area contributed by atoms with Gasteiger partial charge in [-0.05, 0) is 78.3 Å². The predicted octanol–water partition coefficient (Wildman–Crippen LogP) is 6.54. The molecular weight excluding hydrogens is 667 g/mol. The van der Waals surface area contributed by atoms with Crippen LogP contribution in [0, 0.1) is 6.92 Å². The van der Waals surface area contributed by atoms with E-state index < -0.39 is 10.8 Å². The van der Waals surface area contributed by atoms with Crippen LogP contribution in [-0.4, -0.2) is 66.6 Å². The zero-order valence-electron chi connectivity index (χ0n) is 27.7. The third-order valence-electron chi connectivity index (χ3n) is 10.6. The fraction of sp³-hybridized carbons (Fsp3) is 0.342. The summed E-state index contributed by atoms with van der Waals surface area (Å²) in [6.07, 6.45) is 8.33. The summed E-state index contributed by atoms with van der Waals surface area (Å²) in [6.45, 7) is 5.76. The van der Waals surface area contributed by atoms with Gasteiger partial charge < -0.3 is 20.6 Å². The number of fused-ring (bicyclic) bond motifs is 4. The van der Waals surface area contributed by atoms with E-state index in [1.807, 2.05) is 29.3 Å². The Hall–Kier alpha value is -4.36. The lowest BCUT2D eigenvalue weighted by atomic mass is 9.93. The Morgan fingerprint density at radius 1 is 1.08 bits per heavy atom. The van der Waals surface area contributed by atoms with Crippen molar-refractivity contribution in [3.05, 3.63) is 93.2 Å². The standard InChI is InChI=1S/C38H37N7O3S2/c1-22-25(26-7-5-9-30-27(26)13-17-45(30)36(46)35-43-29-12-14-39-20-31(29)49-35)6-4-8-28(22)42-34-33-24(11-15-40-34)18-23(19-41-33)21-44-16-3-2-10-32-38(44,50-32)37(47)48/h4-9,11,15,18-19,32,39H,2-3,10,12-14,16-17,20-21H2,1H3,(H,40,42)(H,47,48)/t32?,38-/m0/s1. The van der Waals surface area contributed by atoms with Crippen molar-refractivity contribution >= 4 is 63.1 Å². The van der Waals surface area contributed by atoms with Crippen LogP contribution in [-0.2, 0) is 30.7 Å². The number of hydrogen-bond acceptors (Lipinski definition) is 10. The molecule has 1 amide bonds. The second kappa shape index (κ2) is 12.4. The molecule has 12 heteroatoms. The van der Waals surface area contributed by atoms with Crippen LogP contribution in [0.1, 0.15) is 56.3 Å². The molecular formula is C38H37N7O3S2. The fourth-order valence-electron chi connectivity index (χ4n) is 7.96. The molecule has 2 aromatic carbocycles. The molecule has 2 fully saturated rings. The van der Waals surface area contributed by atoms with Gasteiger partial charge in [-0.25, -0.2) is 14.8 Å². The highest BCUT2D eigenvalue weighted by Crippen LogP contribution is 2.60. The number of amides is 1. The van der Waals surface area contributed by atoms with Crippen LogP contribution in [0.4, 0.5) is 17.2 Å². The molecule has 2 atom stereocenters. The Morgan fingerprint density at radius 3 is 2.84 bits per heavy atom. The van der Waals surface area contributed by atoms with Crippen molar-refractivity contribution in [3.63, 3.8) is 0 Å². The van der Waals surface area contributed by atoms with Crippen LogP contribution in [0.15, 0.2) is 60.9 Å². The number of aromatic nitrogens is 3. The molecule has 4 aliphatic heterocycles. The number of aliphatic carboxylic acids is 1. The van der Waals surface area contributed by atoms with E-state index in [9.17, 15) is 14.7 Å². The zero-order valence-corrected chi connectivity index (χ0v) is 29.4. The van der Waals surface area contributed by atoms with Crippen LogP contribution in [0.25, 0.3) is 22.0 Å². The van der Waals surface area contributed by atoms with Gasteiger partial charge in [0.2, 0.25) is 0 Å². The molecule has 5 aromatic rings. The molecule has 4 aliphatic rings. The van der Waals surface area contributed by atoms with Gasteiger partial charge in [-0.2, -0.15) is 0 Å². The van der Waals surface area contributed by atoms with Gasteiger partial charge in [0.1, 0.15) is 5.52 Å². The molecule has 3 aromatic heterocycles. The monoisotopic (exact) mass is 703 g/mol. The number of carboxylic acid groups (broad SMARTS) is 1. The minimum atomic E-state index is -0.801. The predicted molar refractivity (Wildman–Crippen MR) is 198 cm³/mol. The van der Waals surface area contributed by atoms with E-state index in [1.54, 1.807) is 18.0 Å². The maximum atomic E-state index is 13.7. The average molecular weight is 704 g/mol. The van der Waals surface area contributed by atoms with Crippen molar-refractivity contribution in [2.75, 3.05) is 29.9 Å². The van der Waals surface area contributed by atoms with Crippen molar-refractivity contribution in [3.8, 4) is 11.1 Å². The molecule has 9 rings (SSSR count). The summed E-state index contributed by atoms with van der Waals surface area (Å²) in [5.41, 5.74) is 9.19. The smallest absolute Gasteiger partial charge is 0.335 e. The van der Waals surface area contributed by atoms with Crippen molar-refractivity contribution in [1.29, 1.82) is 0 Å². The second-order valence-electron chi connectivity index (χ2n) is 13.5. The van der Waals surface area contributed by atoms with Crippen LogP contribution in [0.2, 0.25) is 0 Å². The quantitative estimate of drug-likeness (QED) is 0.161. The van der Waals surface area contributed by atoms with Crippen molar-refractivity contribution in [1.82, 2.24) is 25.2 Å². The molecule has 50 heavy (non-hydrogen) atoms. The molecule has 7 heterocycles. The molecule has 0 radical (unpaired) electrons. The topological polar surface area (TPSA) is 124 Å². The molecule has 0 spiro atoms. The first-order chi connectivity index (χ1) is 24.4. The number of pyridine rings is 2. The number of hydrogen-bond donors (Lipinski definition) is 3. The average Bonchev–Trinajstić information content (AvgIpc) is 3.51. The second-order valence-corrected chi connectivity index (χ2v) is 16.0. The van der Waals surface area contributed by atoms with E-state index >= 15 is 0 Å². The lowest BCUT2D eigenvalue weighted by Crippen LogP contribution is -2.44. The number of nitrogens with one attached hydrogen (secondary N) is 2. The van der Waals surface area contributed by atoms with E-state index in [0.717, 1.165) is 102 Å². The molecule has 0 bridgehead atoms. The highest BCUT2D eigenvalue weighted by molar-refractivity contribution is 8.09. The first kappa shape index (κ1) is 31.6. The summed E-state index contributed by atoms with van der Waals surface area (Å²) in [5.74, 6) is -0.0803. The van der Waals surface area contributed by atoms with E-state index in [2.05, 4.69) is 57.8 Å². The first-order valence-electron chi connectivity index (χ1n) is 17.3. The molecule has 10 nitrogen and oxygen atoms in total. The summed E-state index contributed by atoms with van der Waals surface area (Å²) in [7, 11) is 0. The summed E-state index contributed by atoms with van der Waals surface area (Å²) < 4.78 is 0. The highest BCUT2D eigenvalue weighted by atomic mass is 32.2. The minimum absolute atomic E-state index is 0.0198. The van der Waals surface area contributed by atoms with Crippen LogP contribution in [0.3, 0.4) is 0 Å². The summed E-state index contributed by atoms with van der Waals surface area (Å²) in [5, 5.41) is 18.7. The van der Waals surface area contributed by atoms with Gasteiger partial charge in [0, 0.05) is 78.4 Å². The number of rotatable bonds is 7. The Bertz CT molecular complexity index is 2160. The Kier molecular flexibility index (Phi) is 7.87. The Balaban J connectivity index is 0.977. The summed E-state index contributed by atoms with van der Waals surface area (Å²) in [6, 6.07) is 16.5. The molecule has 2 saturated heterocycles. The van der Waals surface area contributed by atoms with E-state index in [0.29, 0.717) is 23.9 Å². The number of carboxylic acids is 1. The summed E-state index contributed by atoms with van der Waals surface area (Å²) >= 11 is 3.09. The molecule has 3 N–H and O–H groups in total.